The molecule has 0 amide bonds. The lowest BCUT2D eigenvalue weighted by Crippen LogP contribution is -2.30. The van der Waals surface area contributed by atoms with E-state index in [9.17, 15) is 13.2 Å². The lowest BCUT2D eigenvalue weighted by molar-refractivity contribution is -0.137. The molecule has 0 aliphatic heterocycles. The standard InChI is InChI=1S/C22H23F3N4OS/c1-12-11-26-18(16-9-4-13(22(23,24)25)10-17(16)30-2)19-27-20(31-3)21(28(12)19)29(14-5-6-14)15-7-8-15/h4,9-11,14-15H,5-8H2,1-3H3. The van der Waals surface area contributed by atoms with Crippen LogP contribution in [0.25, 0.3) is 16.9 Å². The number of hydrogen-bond donors (Lipinski definition) is 0. The second-order valence-electron chi connectivity index (χ2n) is 8.13. The molecular formula is C22H23F3N4OS. The Kier molecular flexibility index (Phi) is 4.84. The topological polar surface area (TPSA) is 42.7 Å². The van der Waals surface area contributed by atoms with Crippen LogP contribution in [-0.4, -0.2) is 39.8 Å². The Bertz CT molecular complexity index is 1140. The Hall–Kier alpha value is -2.42. The number of aryl methyl sites for hydroxylation is 1. The van der Waals surface area contributed by atoms with Gasteiger partial charge in [0, 0.05) is 29.5 Å². The molecule has 0 radical (unpaired) electrons. The number of rotatable bonds is 6. The van der Waals surface area contributed by atoms with Gasteiger partial charge in [-0.15, -0.1) is 11.8 Å². The maximum absolute atomic E-state index is 13.2. The normalized spacial score (nSPS) is 16.7. The van der Waals surface area contributed by atoms with Gasteiger partial charge in [0.2, 0.25) is 0 Å². The molecular weight excluding hydrogens is 425 g/mol. The quantitative estimate of drug-likeness (QED) is 0.460. The van der Waals surface area contributed by atoms with Gasteiger partial charge in [0.15, 0.2) is 5.65 Å². The number of methoxy groups -OCH3 is 1. The Morgan fingerprint density at radius 3 is 2.39 bits per heavy atom. The molecule has 1 aromatic carbocycles. The van der Waals surface area contributed by atoms with Gasteiger partial charge in [0.25, 0.3) is 0 Å². The molecule has 2 aliphatic rings. The Labute approximate surface area is 182 Å². The van der Waals surface area contributed by atoms with Crippen molar-refractivity contribution in [1.82, 2.24) is 14.4 Å². The number of aromatic nitrogens is 3. The lowest BCUT2D eigenvalue weighted by atomic mass is 10.1. The van der Waals surface area contributed by atoms with Crippen LogP contribution < -0.4 is 9.64 Å². The molecule has 164 valence electrons. The van der Waals surface area contributed by atoms with Crippen LogP contribution in [0.15, 0.2) is 29.4 Å². The van der Waals surface area contributed by atoms with E-state index in [4.69, 9.17) is 9.72 Å². The highest BCUT2D eigenvalue weighted by molar-refractivity contribution is 7.98. The molecule has 0 saturated heterocycles. The Balaban J connectivity index is 1.72. The summed E-state index contributed by atoms with van der Waals surface area (Å²) in [6.45, 7) is 1.99. The van der Waals surface area contributed by atoms with Gasteiger partial charge in [-0.1, -0.05) is 0 Å². The Morgan fingerprint density at radius 2 is 1.84 bits per heavy atom. The number of imidazole rings is 1. The van der Waals surface area contributed by atoms with Crippen molar-refractivity contribution in [3.8, 4) is 17.0 Å². The number of thioether (sulfide) groups is 1. The first-order valence-corrected chi connectivity index (χ1v) is 11.5. The maximum Gasteiger partial charge on any atom is 0.416 e. The summed E-state index contributed by atoms with van der Waals surface area (Å²) in [6, 6.07) is 4.58. The van der Waals surface area contributed by atoms with Gasteiger partial charge in [-0.2, -0.15) is 13.2 Å². The molecule has 2 saturated carbocycles. The molecule has 2 heterocycles. The number of anilines is 1. The monoisotopic (exact) mass is 448 g/mol. The Morgan fingerprint density at radius 1 is 1.16 bits per heavy atom. The van der Waals surface area contributed by atoms with E-state index in [-0.39, 0.29) is 5.75 Å². The molecule has 5 nitrogen and oxygen atoms in total. The third-order valence-corrected chi connectivity index (χ3v) is 6.53. The summed E-state index contributed by atoms with van der Waals surface area (Å²) in [5.74, 6) is 1.21. The van der Waals surface area contributed by atoms with E-state index in [0.29, 0.717) is 29.0 Å². The van der Waals surface area contributed by atoms with Crippen molar-refractivity contribution in [3.05, 3.63) is 35.7 Å². The summed E-state index contributed by atoms with van der Waals surface area (Å²) < 4.78 is 47.0. The van der Waals surface area contributed by atoms with Crippen LogP contribution in [0.4, 0.5) is 19.0 Å². The molecule has 0 bridgehead atoms. The van der Waals surface area contributed by atoms with Crippen molar-refractivity contribution < 1.29 is 17.9 Å². The third kappa shape index (κ3) is 3.52. The highest BCUT2D eigenvalue weighted by Crippen LogP contribution is 2.46. The fourth-order valence-corrected chi connectivity index (χ4v) is 4.68. The summed E-state index contributed by atoms with van der Waals surface area (Å²) in [7, 11) is 1.37. The van der Waals surface area contributed by atoms with Crippen LogP contribution in [0.3, 0.4) is 0 Å². The maximum atomic E-state index is 13.2. The van der Waals surface area contributed by atoms with E-state index >= 15 is 0 Å². The predicted octanol–water partition coefficient (Wildman–Crippen LogP) is 5.59. The van der Waals surface area contributed by atoms with E-state index < -0.39 is 11.7 Å². The first kappa shape index (κ1) is 20.5. The van der Waals surface area contributed by atoms with Crippen molar-refractivity contribution in [3.63, 3.8) is 0 Å². The van der Waals surface area contributed by atoms with Crippen LogP contribution in [0, 0.1) is 6.92 Å². The number of alkyl halides is 3. The second-order valence-corrected chi connectivity index (χ2v) is 8.93. The molecule has 5 rings (SSSR count). The molecule has 2 fully saturated rings. The van der Waals surface area contributed by atoms with Crippen molar-refractivity contribution in [2.75, 3.05) is 18.3 Å². The number of halogens is 3. The van der Waals surface area contributed by atoms with Crippen LogP contribution >= 0.6 is 11.8 Å². The van der Waals surface area contributed by atoms with Crippen molar-refractivity contribution in [1.29, 1.82) is 0 Å². The SMILES string of the molecule is COc1cc(C(F)(F)F)ccc1-c1ncc(C)n2c(N(C3CC3)C3CC3)c(SC)nc12. The molecule has 9 heteroatoms. The highest BCUT2D eigenvalue weighted by Gasteiger charge is 2.42. The van der Waals surface area contributed by atoms with Crippen LogP contribution in [0.1, 0.15) is 36.9 Å². The first-order chi connectivity index (χ1) is 14.8. The van der Waals surface area contributed by atoms with Crippen molar-refractivity contribution in [2.45, 2.75) is 55.9 Å². The lowest BCUT2D eigenvalue weighted by Gasteiger charge is -2.25. The van der Waals surface area contributed by atoms with E-state index in [1.807, 2.05) is 13.2 Å². The molecule has 0 N–H and O–H groups in total. The average Bonchev–Trinajstić information content (AvgIpc) is 3.66. The predicted molar refractivity (Wildman–Crippen MR) is 115 cm³/mol. The second kappa shape index (κ2) is 7.32. The van der Waals surface area contributed by atoms with Crippen molar-refractivity contribution in [2.24, 2.45) is 0 Å². The van der Waals surface area contributed by atoms with Crippen LogP contribution in [0.2, 0.25) is 0 Å². The van der Waals surface area contributed by atoms with Crippen LogP contribution in [0.5, 0.6) is 5.75 Å². The number of fused-ring (bicyclic) bond motifs is 1. The number of nitrogens with zero attached hydrogens (tertiary/aromatic N) is 4. The zero-order chi connectivity index (χ0) is 21.9. The van der Waals surface area contributed by atoms with Crippen LogP contribution in [-0.2, 0) is 6.18 Å². The summed E-state index contributed by atoms with van der Waals surface area (Å²) >= 11 is 1.59. The number of hydrogen-bond acceptors (Lipinski definition) is 5. The van der Waals surface area contributed by atoms with Gasteiger partial charge in [0.1, 0.15) is 22.3 Å². The summed E-state index contributed by atoms with van der Waals surface area (Å²) in [6.07, 6.45) is 4.05. The van der Waals surface area contributed by atoms with Gasteiger partial charge in [-0.3, -0.25) is 9.38 Å². The van der Waals surface area contributed by atoms with Gasteiger partial charge >= 0.3 is 6.18 Å². The fraction of sp³-hybridized carbons (Fsp3) is 0.455. The highest BCUT2D eigenvalue weighted by atomic mass is 32.2. The van der Waals surface area contributed by atoms with E-state index in [2.05, 4.69) is 14.3 Å². The zero-order valence-electron chi connectivity index (χ0n) is 17.5. The van der Waals surface area contributed by atoms with Gasteiger partial charge < -0.3 is 9.64 Å². The average molecular weight is 449 g/mol. The minimum Gasteiger partial charge on any atom is -0.496 e. The van der Waals surface area contributed by atoms with E-state index in [0.717, 1.165) is 28.7 Å². The molecule has 0 spiro atoms. The number of ether oxygens (including phenoxy) is 1. The molecule has 3 aromatic rings. The van der Waals surface area contributed by atoms with Gasteiger partial charge in [-0.25, -0.2) is 4.98 Å². The molecule has 0 unspecified atom stereocenters. The smallest absolute Gasteiger partial charge is 0.416 e. The summed E-state index contributed by atoms with van der Waals surface area (Å²) in [4.78, 5) is 12.0. The largest absolute Gasteiger partial charge is 0.496 e. The fourth-order valence-electron chi connectivity index (χ4n) is 4.12. The van der Waals surface area contributed by atoms with Crippen molar-refractivity contribution >= 4 is 23.2 Å². The molecule has 0 atom stereocenters. The van der Waals surface area contributed by atoms with E-state index in [1.54, 1.807) is 18.0 Å². The van der Waals surface area contributed by atoms with Gasteiger partial charge in [0.05, 0.1) is 12.7 Å². The first-order valence-electron chi connectivity index (χ1n) is 10.3. The molecule has 31 heavy (non-hydrogen) atoms. The summed E-state index contributed by atoms with van der Waals surface area (Å²) in [5, 5.41) is 0.919. The molecule has 2 aromatic heterocycles. The minimum atomic E-state index is -4.44. The van der Waals surface area contributed by atoms with Gasteiger partial charge in [-0.05, 0) is 57.1 Å². The number of benzene rings is 1. The third-order valence-electron chi connectivity index (χ3n) is 5.87. The summed E-state index contributed by atoms with van der Waals surface area (Å²) in [5.41, 5.74) is 1.85. The van der Waals surface area contributed by atoms with E-state index in [1.165, 1.54) is 38.9 Å². The molecule has 2 aliphatic carbocycles. The zero-order valence-corrected chi connectivity index (χ0v) is 18.3. The minimum absolute atomic E-state index is 0.129.